The van der Waals surface area contributed by atoms with E-state index in [1.807, 2.05) is 76.2 Å². The third-order valence-corrected chi connectivity index (χ3v) is 4.81. The van der Waals surface area contributed by atoms with E-state index in [0.29, 0.717) is 25.3 Å². The van der Waals surface area contributed by atoms with Crippen LogP contribution in [0.25, 0.3) is 0 Å². The Labute approximate surface area is 174 Å². The molecule has 0 unspecified atom stereocenters. The second kappa shape index (κ2) is 11.2. The Bertz CT molecular complexity index is 805. The molecule has 0 aromatic heterocycles. The molecule has 2 aromatic carbocycles. The summed E-state index contributed by atoms with van der Waals surface area (Å²) in [5, 5.41) is 2.92. The van der Waals surface area contributed by atoms with E-state index in [1.54, 1.807) is 4.90 Å². The molecule has 0 radical (unpaired) electrons. The number of aryl methyl sites for hydroxylation is 2. The topological polar surface area (TPSA) is 58.6 Å². The van der Waals surface area contributed by atoms with Gasteiger partial charge in [0, 0.05) is 13.1 Å². The van der Waals surface area contributed by atoms with Crippen LogP contribution in [-0.4, -0.2) is 35.9 Å². The van der Waals surface area contributed by atoms with Crippen LogP contribution < -0.4 is 10.1 Å². The summed E-state index contributed by atoms with van der Waals surface area (Å²) in [5.41, 5.74) is 3.11. The Morgan fingerprint density at radius 1 is 1.07 bits per heavy atom. The van der Waals surface area contributed by atoms with Crippen LogP contribution in [0, 0.1) is 13.8 Å². The van der Waals surface area contributed by atoms with Crippen molar-refractivity contribution in [3.05, 3.63) is 65.2 Å². The lowest BCUT2D eigenvalue weighted by molar-refractivity contribution is -0.143. The van der Waals surface area contributed by atoms with Crippen molar-refractivity contribution in [1.82, 2.24) is 10.2 Å². The zero-order valence-electron chi connectivity index (χ0n) is 17.9. The van der Waals surface area contributed by atoms with Gasteiger partial charge in [0.05, 0.1) is 0 Å². The van der Waals surface area contributed by atoms with Gasteiger partial charge in [0.1, 0.15) is 11.8 Å². The van der Waals surface area contributed by atoms with Crippen LogP contribution in [0.3, 0.4) is 0 Å². The average molecular weight is 397 g/mol. The SMILES string of the molecule is CCCNC(=O)[C@@H](CC)N(Cc1ccccc1)C(=O)COc1ccc(C)cc1C. The maximum atomic E-state index is 13.1. The van der Waals surface area contributed by atoms with Gasteiger partial charge in [-0.15, -0.1) is 0 Å². The highest BCUT2D eigenvalue weighted by Crippen LogP contribution is 2.19. The number of nitrogens with one attached hydrogen (secondary N) is 1. The molecule has 0 spiro atoms. The van der Waals surface area contributed by atoms with E-state index in [0.717, 1.165) is 23.1 Å². The zero-order valence-corrected chi connectivity index (χ0v) is 17.9. The molecule has 2 amide bonds. The van der Waals surface area contributed by atoms with Crippen molar-refractivity contribution >= 4 is 11.8 Å². The van der Waals surface area contributed by atoms with Crippen LogP contribution in [0.2, 0.25) is 0 Å². The highest BCUT2D eigenvalue weighted by Gasteiger charge is 2.28. The standard InChI is InChI=1S/C24H32N2O3/c1-5-14-25-24(28)21(6-2)26(16-20-10-8-7-9-11-20)23(27)17-29-22-13-12-18(3)15-19(22)4/h7-13,15,21H,5-6,14,16-17H2,1-4H3,(H,25,28)/t21-/m1/s1. The summed E-state index contributed by atoms with van der Waals surface area (Å²) < 4.78 is 5.80. The van der Waals surface area contributed by atoms with Crippen LogP contribution in [0.1, 0.15) is 43.4 Å². The fraction of sp³-hybridized carbons (Fsp3) is 0.417. The molecule has 1 atom stereocenters. The predicted molar refractivity (Wildman–Crippen MR) is 116 cm³/mol. The fourth-order valence-corrected chi connectivity index (χ4v) is 3.25. The number of carbonyl (C=O) groups excluding carboxylic acids is 2. The summed E-state index contributed by atoms with van der Waals surface area (Å²) in [5.74, 6) is 0.365. The number of amides is 2. The average Bonchev–Trinajstić information content (AvgIpc) is 2.72. The van der Waals surface area contributed by atoms with Crippen LogP contribution >= 0.6 is 0 Å². The molecule has 0 heterocycles. The smallest absolute Gasteiger partial charge is 0.261 e. The van der Waals surface area contributed by atoms with Gasteiger partial charge in [0.2, 0.25) is 5.91 Å². The Hall–Kier alpha value is -2.82. The van der Waals surface area contributed by atoms with Crippen LogP contribution in [0.4, 0.5) is 0 Å². The molecule has 2 aromatic rings. The van der Waals surface area contributed by atoms with E-state index in [4.69, 9.17) is 4.74 Å². The molecular formula is C24H32N2O3. The zero-order chi connectivity index (χ0) is 21.2. The summed E-state index contributed by atoms with van der Waals surface area (Å²) in [6, 6.07) is 15.1. The summed E-state index contributed by atoms with van der Waals surface area (Å²) in [7, 11) is 0. The number of rotatable bonds is 10. The molecule has 156 valence electrons. The molecule has 5 heteroatoms. The third-order valence-electron chi connectivity index (χ3n) is 4.81. The van der Waals surface area contributed by atoms with Gasteiger partial charge in [-0.3, -0.25) is 9.59 Å². The molecule has 2 rings (SSSR count). The van der Waals surface area contributed by atoms with Crippen LogP contribution in [0.15, 0.2) is 48.5 Å². The van der Waals surface area contributed by atoms with Crippen molar-refractivity contribution in [3.8, 4) is 5.75 Å². The van der Waals surface area contributed by atoms with Gasteiger partial charge in [0.15, 0.2) is 6.61 Å². The molecule has 0 aliphatic heterocycles. The number of ether oxygens (including phenoxy) is 1. The first-order valence-corrected chi connectivity index (χ1v) is 10.3. The van der Waals surface area contributed by atoms with Gasteiger partial charge in [-0.2, -0.15) is 0 Å². The lowest BCUT2D eigenvalue weighted by Gasteiger charge is -2.30. The number of carbonyl (C=O) groups is 2. The van der Waals surface area contributed by atoms with Crippen molar-refractivity contribution in [3.63, 3.8) is 0 Å². The number of hydrogen-bond donors (Lipinski definition) is 1. The van der Waals surface area contributed by atoms with E-state index >= 15 is 0 Å². The van der Waals surface area contributed by atoms with Gasteiger partial charge in [-0.1, -0.05) is 61.9 Å². The Balaban J connectivity index is 2.17. The predicted octanol–water partition coefficient (Wildman–Crippen LogP) is 4.02. The third kappa shape index (κ3) is 6.63. The number of nitrogens with zero attached hydrogens (tertiary/aromatic N) is 1. The highest BCUT2D eigenvalue weighted by molar-refractivity contribution is 5.88. The molecule has 29 heavy (non-hydrogen) atoms. The Morgan fingerprint density at radius 2 is 1.79 bits per heavy atom. The summed E-state index contributed by atoms with van der Waals surface area (Å²) in [4.78, 5) is 27.4. The summed E-state index contributed by atoms with van der Waals surface area (Å²) >= 11 is 0. The Kier molecular flexibility index (Phi) is 8.71. The monoisotopic (exact) mass is 396 g/mol. The normalized spacial score (nSPS) is 11.6. The van der Waals surface area contributed by atoms with E-state index in [1.165, 1.54) is 0 Å². The quantitative estimate of drug-likeness (QED) is 0.660. The maximum absolute atomic E-state index is 13.1. The van der Waals surface area contributed by atoms with Crippen molar-refractivity contribution < 1.29 is 14.3 Å². The van der Waals surface area contributed by atoms with E-state index in [2.05, 4.69) is 5.32 Å². The fourth-order valence-electron chi connectivity index (χ4n) is 3.25. The molecule has 0 saturated heterocycles. The first kappa shape index (κ1) is 22.5. The molecule has 0 fully saturated rings. The van der Waals surface area contributed by atoms with Crippen molar-refractivity contribution in [2.75, 3.05) is 13.2 Å². The van der Waals surface area contributed by atoms with Crippen molar-refractivity contribution in [2.45, 2.75) is 53.1 Å². The highest BCUT2D eigenvalue weighted by atomic mass is 16.5. The minimum atomic E-state index is -0.531. The van der Waals surface area contributed by atoms with Crippen molar-refractivity contribution in [2.24, 2.45) is 0 Å². The largest absolute Gasteiger partial charge is 0.483 e. The molecule has 0 bridgehead atoms. The van der Waals surface area contributed by atoms with Gasteiger partial charge in [0.25, 0.3) is 5.91 Å². The summed E-state index contributed by atoms with van der Waals surface area (Å²) in [6.07, 6.45) is 1.39. The van der Waals surface area contributed by atoms with Gasteiger partial charge in [-0.05, 0) is 43.9 Å². The minimum Gasteiger partial charge on any atom is -0.483 e. The lowest BCUT2D eigenvalue weighted by atomic mass is 10.1. The number of benzene rings is 2. The van der Waals surface area contributed by atoms with Gasteiger partial charge < -0.3 is 15.0 Å². The van der Waals surface area contributed by atoms with E-state index in [9.17, 15) is 9.59 Å². The van der Waals surface area contributed by atoms with Gasteiger partial charge >= 0.3 is 0 Å². The second-order valence-corrected chi connectivity index (χ2v) is 7.28. The molecule has 0 aliphatic carbocycles. The van der Waals surface area contributed by atoms with Crippen molar-refractivity contribution in [1.29, 1.82) is 0 Å². The molecule has 1 N–H and O–H groups in total. The lowest BCUT2D eigenvalue weighted by Crippen LogP contribution is -2.50. The maximum Gasteiger partial charge on any atom is 0.261 e. The Morgan fingerprint density at radius 3 is 2.41 bits per heavy atom. The van der Waals surface area contributed by atoms with Crippen LogP contribution in [0.5, 0.6) is 5.75 Å². The van der Waals surface area contributed by atoms with E-state index in [-0.39, 0.29) is 18.4 Å². The number of hydrogen-bond acceptors (Lipinski definition) is 3. The molecule has 5 nitrogen and oxygen atoms in total. The molecular weight excluding hydrogens is 364 g/mol. The first-order chi connectivity index (χ1) is 14.0. The minimum absolute atomic E-state index is 0.103. The van der Waals surface area contributed by atoms with E-state index < -0.39 is 6.04 Å². The molecule has 0 aliphatic rings. The van der Waals surface area contributed by atoms with Gasteiger partial charge in [-0.25, -0.2) is 0 Å². The first-order valence-electron chi connectivity index (χ1n) is 10.3. The van der Waals surface area contributed by atoms with Crippen LogP contribution in [-0.2, 0) is 16.1 Å². The second-order valence-electron chi connectivity index (χ2n) is 7.28. The molecule has 0 saturated carbocycles. The summed E-state index contributed by atoms with van der Waals surface area (Å²) in [6.45, 7) is 8.77.